The molecule has 0 atom stereocenters. The van der Waals surface area contributed by atoms with Gasteiger partial charge in [0, 0.05) is 19.3 Å². The Labute approximate surface area is 175 Å². The molecule has 0 unspecified atom stereocenters. The van der Waals surface area contributed by atoms with Crippen LogP contribution in [0.5, 0.6) is 17.2 Å². The Bertz CT molecular complexity index is 962. The molecule has 2 aromatic carbocycles. The predicted octanol–water partition coefficient (Wildman–Crippen LogP) is 2.16. The number of aliphatic imine (C=N–C) groups is 1. The molecule has 30 heavy (non-hydrogen) atoms. The monoisotopic (exact) mass is 410 g/mol. The largest absolute Gasteiger partial charge is 0.493 e. The van der Waals surface area contributed by atoms with Crippen LogP contribution in [-0.4, -0.2) is 49.1 Å². The van der Waals surface area contributed by atoms with Gasteiger partial charge < -0.3 is 24.8 Å². The van der Waals surface area contributed by atoms with Crippen molar-refractivity contribution in [2.24, 2.45) is 4.99 Å². The number of aromatic nitrogens is 3. The minimum Gasteiger partial charge on any atom is -0.493 e. The van der Waals surface area contributed by atoms with Crippen LogP contribution in [0.3, 0.4) is 0 Å². The Hall–Kier alpha value is -3.75. The van der Waals surface area contributed by atoms with Crippen molar-refractivity contribution in [2.75, 3.05) is 28.4 Å². The molecular formula is C21H26N6O3. The van der Waals surface area contributed by atoms with E-state index in [0.717, 1.165) is 17.1 Å². The van der Waals surface area contributed by atoms with Crippen LogP contribution in [-0.2, 0) is 13.1 Å². The van der Waals surface area contributed by atoms with E-state index in [-0.39, 0.29) is 0 Å². The maximum atomic E-state index is 5.41. The summed E-state index contributed by atoms with van der Waals surface area (Å²) in [5, 5.41) is 14.8. The normalized spacial score (nSPS) is 11.1. The maximum Gasteiger partial charge on any atom is 0.203 e. The molecule has 0 saturated heterocycles. The number of hydrogen-bond donors (Lipinski definition) is 2. The smallest absolute Gasteiger partial charge is 0.203 e. The van der Waals surface area contributed by atoms with E-state index in [1.54, 1.807) is 34.7 Å². The van der Waals surface area contributed by atoms with Gasteiger partial charge in [0.1, 0.15) is 6.33 Å². The molecule has 1 aromatic heterocycles. The van der Waals surface area contributed by atoms with Crippen LogP contribution in [0.2, 0.25) is 0 Å². The molecule has 9 heteroatoms. The van der Waals surface area contributed by atoms with Crippen LogP contribution in [0.1, 0.15) is 11.4 Å². The van der Waals surface area contributed by atoms with Gasteiger partial charge in [0.2, 0.25) is 5.75 Å². The first-order valence-electron chi connectivity index (χ1n) is 9.37. The minimum absolute atomic E-state index is 0.462. The Morgan fingerprint density at radius 1 is 0.967 bits per heavy atom. The fourth-order valence-corrected chi connectivity index (χ4v) is 2.99. The Morgan fingerprint density at radius 2 is 1.63 bits per heavy atom. The zero-order chi connectivity index (χ0) is 21.3. The summed E-state index contributed by atoms with van der Waals surface area (Å²) in [7, 11) is 6.49. The first kappa shape index (κ1) is 21.0. The lowest BCUT2D eigenvalue weighted by Crippen LogP contribution is -2.37. The summed E-state index contributed by atoms with van der Waals surface area (Å²) in [6.45, 7) is 0.978. The number of guanidine groups is 1. The van der Waals surface area contributed by atoms with Gasteiger partial charge in [-0.05, 0) is 29.8 Å². The SMILES string of the molecule is CN=C(NCc1cc(OC)c(OC)c(OC)c1)NCc1nncn1-c1ccccc1. The molecule has 3 aromatic rings. The summed E-state index contributed by atoms with van der Waals surface area (Å²) in [4.78, 5) is 4.27. The lowest BCUT2D eigenvalue weighted by atomic mass is 10.2. The van der Waals surface area contributed by atoms with Crippen LogP contribution < -0.4 is 24.8 Å². The van der Waals surface area contributed by atoms with Crippen molar-refractivity contribution in [3.8, 4) is 22.9 Å². The average molecular weight is 410 g/mol. The van der Waals surface area contributed by atoms with Crippen molar-refractivity contribution in [2.45, 2.75) is 13.1 Å². The summed E-state index contributed by atoms with van der Waals surface area (Å²) < 4.78 is 18.1. The van der Waals surface area contributed by atoms with E-state index in [1.807, 2.05) is 47.0 Å². The summed E-state index contributed by atoms with van der Waals surface area (Å²) in [5.41, 5.74) is 1.96. The molecule has 0 spiro atoms. The van der Waals surface area contributed by atoms with Crippen molar-refractivity contribution in [3.63, 3.8) is 0 Å². The van der Waals surface area contributed by atoms with Gasteiger partial charge in [-0.15, -0.1) is 10.2 Å². The van der Waals surface area contributed by atoms with Gasteiger partial charge in [-0.25, -0.2) is 0 Å². The zero-order valence-corrected chi connectivity index (χ0v) is 17.5. The lowest BCUT2D eigenvalue weighted by Gasteiger charge is -2.16. The molecule has 1 heterocycles. The van der Waals surface area contributed by atoms with Gasteiger partial charge in [-0.2, -0.15) is 0 Å². The molecule has 0 amide bonds. The second-order valence-electron chi connectivity index (χ2n) is 6.27. The van der Waals surface area contributed by atoms with E-state index in [1.165, 1.54) is 0 Å². The number of ether oxygens (including phenoxy) is 3. The molecule has 2 N–H and O–H groups in total. The van der Waals surface area contributed by atoms with Crippen LogP contribution in [0.4, 0.5) is 0 Å². The zero-order valence-electron chi connectivity index (χ0n) is 17.5. The Kier molecular flexibility index (Phi) is 7.09. The molecule has 3 rings (SSSR count). The standard InChI is InChI=1S/C21H26N6O3/c1-22-21(23-12-15-10-17(28-2)20(30-4)18(11-15)29-3)24-13-19-26-25-14-27(19)16-8-6-5-7-9-16/h5-11,14H,12-13H2,1-4H3,(H2,22,23,24). The Morgan fingerprint density at radius 3 is 2.23 bits per heavy atom. The summed E-state index contributed by atoms with van der Waals surface area (Å²) >= 11 is 0. The van der Waals surface area contributed by atoms with Crippen LogP contribution in [0.25, 0.3) is 5.69 Å². The highest BCUT2D eigenvalue weighted by Gasteiger charge is 2.13. The van der Waals surface area contributed by atoms with Gasteiger partial charge >= 0.3 is 0 Å². The average Bonchev–Trinajstić information content (AvgIpc) is 3.27. The number of nitrogens with zero attached hydrogens (tertiary/aromatic N) is 4. The number of benzene rings is 2. The van der Waals surface area contributed by atoms with Crippen molar-refractivity contribution >= 4 is 5.96 Å². The quantitative estimate of drug-likeness (QED) is 0.434. The van der Waals surface area contributed by atoms with E-state index in [2.05, 4.69) is 25.8 Å². The third kappa shape index (κ3) is 4.80. The second kappa shape index (κ2) is 10.1. The molecule has 0 fully saturated rings. The third-order valence-corrected chi connectivity index (χ3v) is 4.47. The molecular weight excluding hydrogens is 384 g/mol. The third-order valence-electron chi connectivity index (χ3n) is 4.47. The highest BCUT2D eigenvalue weighted by Crippen LogP contribution is 2.38. The molecule has 0 aliphatic heterocycles. The van der Waals surface area contributed by atoms with E-state index in [4.69, 9.17) is 14.2 Å². The molecule has 0 aliphatic rings. The number of methoxy groups -OCH3 is 3. The van der Waals surface area contributed by atoms with E-state index in [0.29, 0.717) is 36.3 Å². The molecule has 0 radical (unpaired) electrons. The van der Waals surface area contributed by atoms with Crippen molar-refractivity contribution < 1.29 is 14.2 Å². The number of nitrogens with one attached hydrogen (secondary N) is 2. The highest BCUT2D eigenvalue weighted by atomic mass is 16.5. The number of rotatable bonds is 8. The molecule has 9 nitrogen and oxygen atoms in total. The van der Waals surface area contributed by atoms with Crippen molar-refractivity contribution in [3.05, 3.63) is 60.2 Å². The topological polar surface area (TPSA) is 94.8 Å². The van der Waals surface area contributed by atoms with Gasteiger partial charge in [0.05, 0.1) is 27.9 Å². The van der Waals surface area contributed by atoms with E-state index in [9.17, 15) is 0 Å². The predicted molar refractivity (Wildman–Crippen MR) is 114 cm³/mol. The summed E-state index contributed by atoms with van der Waals surface area (Å²) in [6, 6.07) is 13.7. The number of para-hydroxylation sites is 1. The minimum atomic E-state index is 0.462. The van der Waals surface area contributed by atoms with Crippen LogP contribution in [0.15, 0.2) is 53.8 Å². The maximum absolute atomic E-state index is 5.41. The van der Waals surface area contributed by atoms with Crippen LogP contribution >= 0.6 is 0 Å². The van der Waals surface area contributed by atoms with Crippen molar-refractivity contribution in [1.82, 2.24) is 25.4 Å². The van der Waals surface area contributed by atoms with Gasteiger partial charge in [0.25, 0.3) is 0 Å². The first-order chi connectivity index (χ1) is 14.7. The summed E-state index contributed by atoms with van der Waals surface area (Å²) in [6.07, 6.45) is 1.69. The fourth-order valence-electron chi connectivity index (χ4n) is 2.99. The van der Waals surface area contributed by atoms with E-state index < -0.39 is 0 Å². The van der Waals surface area contributed by atoms with Gasteiger partial charge in [0.15, 0.2) is 23.3 Å². The fraction of sp³-hybridized carbons (Fsp3) is 0.286. The van der Waals surface area contributed by atoms with Crippen molar-refractivity contribution in [1.29, 1.82) is 0 Å². The number of hydrogen-bond acceptors (Lipinski definition) is 6. The van der Waals surface area contributed by atoms with Gasteiger partial charge in [-0.3, -0.25) is 9.56 Å². The molecule has 0 saturated carbocycles. The molecule has 0 bridgehead atoms. The highest BCUT2D eigenvalue weighted by molar-refractivity contribution is 5.79. The Balaban J connectivity index is 1.65. The molecule has 158 valence electrons. The molecule has 0 aliphatic carbocycles. The second-order valence-corrected chi connectivity index (χ2v) is 6.27. The van der Waals surface area contributed by atoms with Gasteiger partial charge in [-0.1, -0.05) is 18.2 Å². The lowest BCUT2D eigenvalue weighted by molar-refractivity contribution is 0.323. The summed E-state index contributed by atoms with van der Waals surface area (Å²) in [5.74, 6) is 3.18. The van der Waals surface area contributed by atoms with Crippen LogP contribution in [0, 0.1) is 0 Å². The van der Waals surface area contributed by atoms with E-state index >= 15 is 0 Å². The first-order valence-corrected chi connectivity index (χ1v) is 9.37.